The van der Waals surface area contributed by atoms with Gasteiger partial charge in [-0.15, -0.1) is 0 Å². The van der Waals surface area contributed by atoms with Gasteiger partial charge >= 0.3 is 0 Å². The fourth-order valence-corrected chi connectivity index (χ4v) is 5.68. The highest BCUT2D eigenvalue weighted by Crippen LogP contribution is 2.59. The number of amides is 1. The van der Waals surface area contributed by atoms with Crippen LogP contribution in [0.15, 0.2) is 54.9 Å². The van der Waals surface area contributed by atoms with Crippen LogP contribution in [0.3, 0.4) is 0 Å². The van der Waals surface area contributed by atoms with Gasteiger partial charge in [-0.3, -0.25) is 14.7 Å². The van der Waals surface area contributed by atoms with Gasteiger partial charge in [-0.25, -0.2) is 0 Å². The summed E-state index contributed by atoms with van der Waals surface area (Å²) in [5, 5.41) is 3.36. The molecule has 0 bridgehead atoms. The Morgan fingerprint density at radius 1 is 1.06 bits per heavy atom. The van der Waals surface area contributed by atoms with Gasteiger partial charge in [-0.05, 0) is 67.8 Å². The molecule has 3 heterocycles. The number of likely N-dealkylation sites (tertiary alicyclic amines) is 1. The van der Waals surface area contributed by atoms with Crippen molar-refractivity contribution in [3.05, 3.63) is 66.0 Å². The summed E-state index contributed by atoms with van der Waals surface area (Å²) < 4.78 is 5.63. The third kappa shape index (κ3) is 4.39. The quantitative estimate of drug-likeness (QED) is 0.778. The highest BCUT2D eigenvalue weighted by Gasteiger charge is 2.58. The Morgan fingerprint density at radius 3 is 2.55 bits per heavy atom. The lowest BCUT2D eigenvalue weighted by Gasteiger charge is -2.38. The van der Waals surface area contributed by atoms with E-state index < -0.39 is 0 Å². The first kappa shape index (κ1) is 20.7. The van der Waals surface area contributed by atoms with Crippen LogP contribution in [0.25, 0.3) is 0 Å². The molecule has 31 heavy (non-hydrogen) atoms. The number of ether oxygens (including phenoxy) is 1. The number of carbonyl (C=O) groups excluding carboxylic acids is 1. The largest absolute Gasteiger partial charge is 0.381 e. The third-order valence-corrected chi connectivity index (χ3v) is 7.92. The van der Waals surface area contributed by atoms with E-state index in [1.54, 1.807) is 0 Å². The molecule has 2 aromatic rings. The molecule has 2 aliphatic heterocycles. The van der Waals surface area contributed by atoms with Crippen molar-refractivity contribution in [3.8, 4) is 0 Å². The fourth-order valence-electron chi connectivity index (χ4n) is 5.68. The zero-order valence-corrected chi connectivity index (χ0v) is 18.3. The summed E-state index contributed by atoms with van der Waals surface area (Å²) in [5.74, 6) is 0.461. The molecule has 1 spiro atoms. The number of benzene rings is 1. The fraction of sp³-hybridized carbons (Fsp3) is 0.538. The SMILES string of the molecule is O=C(NCC1(c2ccccc2)CCOCC1)C1CC12CCN(Cc1cccnc1)CC2. The highest BCUT2D eigenvalue weighted by atomic mass is 16.5. The first-order valence-electron chi connectivity index (χ1n) is 11.7. The predicted molar refractivity (Wildman–Crippen MR) is 120 cm³/mol. The van der Waals surface area contributed by atoms with Gasteiger partial charge in [-0.2, -0.15) is 0 Å². The summed E-state index contributed by atoms with van der Waals surface area (Å²) in [6.45, 7) is 5.37. The first-order valence-corrected chi connectivity index (χ1v) is 11.7. The number of piperidine rings is 1. The minimum absolute atomic E-state index is 0.00427. The van der Waals surface area contributed by atoms with Crippen LogP contribution >= 0.6 is 0 Å². The molecule has 1 saturated carbocycles. The average molecular weight is 420 g/mol. The topological polar surface area (TPSA) is 54.5 Å². The van der Waals surface area contributed by atoms with Gasteiger partial charge < -0.3 is 10.1 Å². The Kier molecular flexibility index (Phi) is 5.81. The Morgan fingerprint density at radius 2 is 1.84 bits per heavy atom. The van der Waals surface area contributed by atoms with Crippen molar-refractivity contribution >= 4 is 5.91 Å². The molecule has 3 fully saturated rings. The maximum Gasteiger partial charge on any atom is 0.223 e. The minimum Gasteiger partial charge on any atom is -0.381 e. The lowest BCUT2D eigenvalue weighted by atomic mass is 9.74. The van der Waals surface area contributed by atoms with Crippen molar-refractivity contribution in [3.63, 3.8) is 0 Å². The summed E-state index contributed by atoms with van der Waals surface area (Å²) in [4.78, 5) is 19.8. The monoisotopic (exact) mass is 419 g/mol. The van der Waals surface area contributed by atoms with E-state index in [4.69, 9.17) is 4.74 Å². The maximum absolute atomic E-state index is 13.1. The summed E-state index contributed by atoms with van der Waals surface area (Å²) in [5.41, 5.74) is 2.84. The van der Waals surface area contributed by atoms with Crippen LogP contribution in [-0.4, -0.2) is 48.6 Å². The second-order valence-electron chi connectivity index (χ2n) is 9.73. The molecule has 0 radical (unpaired) electrons. The minimum atomic E-state index is 0.00427. The van der Waals surface area contributed by atoms with Crippen LogP contribution in [-0.2, 0) is 21.5 Å². The molecule has 2 saturated heterocycles. The Hall–Kier alpha value is -2.24. The average Bonchev–Trinajstić information content (AvgIpc) is 3.54. The molecular weight excluding hydrogens is 386 g/mol. The van der Waals surface area contributed by atoms with Gasteiger partial charge in [0.05, 0.1) is 0 Å². The van der Waals surface area contributed by atoms with E-state index in [0.717, 1.165) is 71.5 Å². The Balaban J connectivity index is 1.15. The van der Waals surface area contributed by atoms with Gasteiger partial charge in [0.25, 0.3) is 0 Å². The molecular formula is C26H33N3O2. The van der Waals surface area contributed by atoms with E-state index in [1.807, 2.05) is 18.5 Å². The van der Waals surface area contributed by atoms with Crippen molar-refractivity contribution < 1.29 is 9.53 Å². The lowest BCUT2D eigenvalue weighted by Crippen LogP contribution is -2.45. The molecule has 5 nitrogen and oxygen atoms in total. The Labute approximate surface area is 185 Å². The number of carbonyl (C=O) groups is 1. The van der Waals surface area contributed by atoms with Gasteiger partial charge in [0.15, 0.2) is 0 Å². The van der Waals surface area contributed by atoms with E-state index in [-0.39, 0.29) is 22.7 Å². The van der Waals surface area contributed by atoms with Crippen LogP contribution in [0.1, 0.15) is 43.2 Å². The molecule has 1 aliphatic carbocycles. The molecule has 1 N–H and O–H groups in total. The number of pyridine rings is 1. The highest BCUT2D eigenvalue weighted by molar-refractivity contribution is 5.82. The predicted octanol–water partition coefficient (Wildman–Crippen LogP) is 3.55. The van der Waals surface area contributed by atoms with Gasteiger partial charge in [0.2, 0.25) is 5.91 Å². The standard InChI is InChI=1S/C26H33N3O2/c30-24(28-20-26(10-15-31-16-11-26)22-6-2-1-3-7-22)23-17-25(23)8-13-29(14-9-25)19-21-5-4-12-27-18-21/h1-7,12,18,23H,8-11,13-17,19-20H2,(H,28,30). The second kappa shape index (κ2) is 8.71. The van der Waals surface area contributed by atoms with Crippen molar-refractivity contribution in [1.29, 1.82) is 0 Å². The molecule has 164 valence electrons. The first-order chi connectivity index (χ1) is 15.2. The Bertz CT molecular complexity index is 872. The van der Waals surface area contributed by atoms with Gasteiger partial charge in [0.1, 0.15) is 0 Å². The number of aromatic nitrogens is 1. The van der Waals surface area contributed by atoms with Crippen LogP contribution in [0.5, 0.6) is 0 Å². The van der Waals surface area contributed by atoms with Gasteiger partial charge in [0, 0.05) is 50.0 Å². The zero-order valence-electron chi connectivity index (χ0n) is 18.3. The number of hydrogen-bond donors (Lipinski definition) is 1. The molecule has 3 aliphatic rings. The van der Waals surface area contributed by atoms with Crippen molar-refractivity contribution in [2.24, 2.45) is 11.3 Å². The molecule has 1 atom stereocenters. The number of hydrogen-bond acceptors (Lipinski definition) is 4. The summed E-state index contributed by atoms with van der Waals surface area (Å²) in [6.07, 6.45) is 9.03. The van der Waals surface area contributed by atoms with E-state index in [2.05, 4.69) is 51.6 Å². The van der Waals surface area contributed by atoms with E-state index in [1.165, 1.54) is 11.1 Å². The normalized spacial score (nSPS) is 24.6. The molecule has 1 unspecified atom stereocenters. The van der Waals surface area contributed by atoms with Crippen LogP contribution in [0.4, 0.5) is 0 Å². The number of nitrogens with one attached hydrogen (secondary N) is 1. The van der Waals surface area contributed by atoms with Crippen LogP contribution < -0.4 is 5.32 Å². The summed E-state index contributed by atoms with van der Waals surface area (Å²) in [6, 6.07) is 14.8. The molecule has 1 amide bonds. The maximum atomic E-state index is 13.1. The van der Waals surface area contributed by atoms with Crippen LogP contribution in [0, 0.1) is 11.3 Å². The second-order valence-corrected chi connectivity index (χ2v) is 9.73. The third-order valence-electron chi connectivity index (χ3n) is 7.92. The van der Waals surface area contributed by atoms with Gasteiger partial charge in [-0.1, -0.05) is 36.4 Å². The van der Waals surface area contributed by atoms with Crippen molar-refractivity contribution in [1.82, 2.24) is 15.2 Å². The molecule has 1 aromatic heterocycles. The van der Waals surface area contributed by atoms with E-state index in [0.29, 0.717) is 0 Å². The number of nitrogens with zero attached hydrogens (tertiary/aromatic N) is 2. The summed E-state index contributed by atoms with van der Waals surface area (Å²) >= 11 is 0. The van der Waals surface area contributed by atoms with Crippen LogP contribution in [0.2, 0.25) is 0 Å². The van der Waals surface area contributed by atoms with E-state index in [9.17, 15) is 4.79 Å². The molecule has 5 rings (SSSR count). The van der Waals surface area contributed by atoms with Crippen molar-refractivity contribution in [2.75, 3.05) is 32.8 Å². The zero-order chi connectivity index (χ0) is 21.2. The lowest BCUT2D eigenvalue weighted by molar-refractivity contribution is -0.124. The van der Waals surface area contributed by atoms with Crippen molar-refractivity contribution in [2.45, 2.75) is 44.1 Å². The van der Waals surface area contributed by atoms with E-state index >= 15 is 0 Å². The molecule has 5 heteroatoms. The summed E-state index contributed by atoms with van der Waals surface area (Å²) in [7, 11) is 0. The number of rotatable bonds is 6. The smallest absolute Gasteiger partial charge is 0.223 e. The molecule has 1 aromatic carbocycles.